The van der Waals surface area contributed by atoms with Gasteiger partial charge in [0.1, 0.15) is 17.3 Å². The number of hydrogen-bond donors (Lipinski definition) is 0. The Labute approximate surface area is 218 Å². The lowest BCUT2D eigenvalue weighted by atomic mass is 9.64. The van der Waals surface area contributed by atoms with Crippen molar-refractivity contribution in [2.75, 3.05) is 4.90 Å². The van der Waals surface area contributed by atoms with Gasteiger partial charge in [0.25, 0.3) is 0 Å². The molecular weight excluding hydrogens is 479 g/mol. The van der Waals surface area contributed by atoms with E-state index in [0.29, 0.717) is 33.5 Å². The minimum absolute atomic E-state index is 0.219. The number of pyridine rings is 1. The van der Waals surface area contributed by atoms with Crippen LogP contribution in [0.1, 0.15) is 48.1 Å². The predicted octanol–water partition coefficient (Wildman–Crippen LogP) is 5.54. The monoisotopic (exact) mass is 500 g/mol. The largest absolute Gasteiger partial charge is 0.352 e. The van der Waals surface area contributed by atoms with Crippen molar-refractivity contribution in [2.24, 2.45) is 5.41 Å². The van der Waals surface area contributed by atoms with Crippen LogP contribution < -0.4 is 4.90 Å². The number of fused-ring (bicyclic) bond motifs is 5. The van der Waals surface area contributed by atoms with Crippen LogP contribution in [0.15, 0.2) is 103 Å². The molecule has 3 unspecified atom stereocenters. The minimum atomic E-state index is -1.59. The Morgan fingerprint density at radius 1 is 0.868 bits per heavy atom. The molecule has 0 radical (unpaired) electrons. The average molecular weight is 501 g/mol. The van der Waals surface area contributed by atoms with E-state index in [0.717, 1.165) is 0 Å². The first-order valence-electron chi connectivity index (χ1n) is 12.5. The highest BCUT2D eigenvalue weighted by molar-refractivity contribution is 6.32. The number of carbonyl (C=O) groups is 3. The Balaban J connectivity index is 1.55. The summed E-state index contributed by atoms with van der Waals surface area (Å²) < 4.78 is 14.3. The number of benzene rings is 3. The summed E-state index contributed by atoms with van der Waals surface area (Å²) in [4.78, 5) is 49.5. The maximum absolute atomic E-state index is 14.5. The van der Waals surface area contributed by atoms with Crippen molar-refractivity contribution in [1.82, 2.24) is 4.98 Å². The second kappa shape index (κ2) is 8.15. The number of halogens is 1. The van der Waals surface area contributed by atoms with Gasteiger partial charge in [-0.2, -0.15) is 0 Å². The van der Waals surface area contributed by atoms with Gasteiger partial charge in [0.2, 0.25) is 0 Å². The van der Waals surface area contributed by atoms with Crippen molar-refractivity contribution in [3.8, 4) is 0 Å². The van der Waals surface area contributed by atoms with E-state index in [9.17, 15) is 18.8 Å². The van der Waals surface area contributed by atoms with Crippen LogP contribution in [0, 0.1) is 11.2 Å². The van der Waals surface area contributed by atoms with Gasteiger partial charge in [-0.15, -0.1) is 0 Å². The number of anilines is 1. The van der Waals surface area contributed by atoms with Crippen LogP contribution in [-0.2, 0) is 0 Å². The third-order valence-corrected chi connectivity index (χ3v) is 8.14. The van der Waals surface area contributed by atoms with Crippen LogP contribution in [-0.4, -0.2) is 34.4 Å². The van der Waals surface area contributed by atoms with Crippen molar-refractivity contribution in [1.29, 1.82) is 0 Å². The molecule has 3 aliphatic rings. The third-order valence-electron chi connectivity index (χ3n) is 8.14. The molecule has 1 fully saturated rings. The summed E-state index contributed by atoms with van der Waals surface area (Å²) in [6.45, 7) is 0. The van der Waals surface area contributed by atoms with E-state index in [1.165, 1.54) is 12.1 Å². The first kappa shape index (κ1) is 22.5. The first-order valence-corrected chi connectivity index (χ1v) is 12.5. The number of rotatable bonds is 3. The first-order chi connectivity index (χ1) is 18.5. The zero-order valence-corrected chi connectivity index (χ0v) is 20.1. The number of aromatic nitrogens is 1. The van der Waals surface area contributed by atoms with E-state index >= 15 is 0 Å². The molecule has 7 rings (SSSR count). The van der Waals surface area contributed by atoms with Gasteiger partial charge in [-0.3, -0.25) is 19.4 Å². The molecule has 1 spiro atoms. The van der Waals surface area contributed by atoms with Crippen LogP contribution >= 0.6 is 0 Å². The van der Waals surface area contributed by atoms with Crippen LogP contribution in [0.25, 0.3) is 6.08 Å². The molecule has 3 heterocycles. The molecule has 1 aliphatic carbocycles. The fourth-order valence-electron chi connectivity index (χ4n) is 6.65. The molecule has 6 heteroatoms. The molecule has 4 aromatic rings. The van der Waals surface area contributed by atoms with E-state index in [2.05, 4.69) is 4.98 Å². The quantitative estimate of drug-likeness (QED) is 0.273. The normalized spacial score (nSPS) is 22.3. The predicted molar refractivity (Wildman–Crippen MR) is 141 cm³/mol. The Kier molecular flexibility index (Phi) is 4.82. The van der Waals surface area contributed by atoms with Crippen molar-refractivity contribution in [2.45, 2.75) is 18.0 Å². The molecule has 2 aliphatic heterocycles. The summed E-state index contributed by atoms with van der Waals surface area (Å²) in [5.41, 5.74) is 1.41. The Hall–Kier alpha value is -4.71. The molecule has 0 saturated carbocycles. The number of ketones is 3. The molecule has 3 aromatic carbocycles. The average Bonchev–Trinajstić information content (AvgIpc) is 3.39. The summed E-state index contributed by atoms with van der Waals surface area (Å²) in [6, 6.07) is 22.0. The van der Waals surface area contributed by atoms with Crippen LogP contribution in [0.2, 0.25) is 0 Å². The number of hydrogen-bond acceptors (Lipinski definition) is 5. The van der Waals surface area contributed by atoms with Crippen molar-refractivity contribution in [3.63, 3.8) is 0 Å². The summed E-state index contributed by atoms with van der Waals surface area (Å²) >= 11 is 0. The fraction of sp³-hybridized carbons (Fsp3) is 0.125. The van der Waals surface area contributed by atoms with Crippen molar-refractivity contribution < 1.29 is 18.8 Å². The maximum Gasteiger partial charge on any atom is 0.185 e. The summed E-state index contributed by atoms with van der Waals surface area (Å²) in [5, 5.41) is 0. The van der Waals surface area contributed by atoms with Gasteiger partial charge in [-0.25, -0.2) is 4.39 Å². The highest BCUT2D eigenvalue weighted by atomic mass is 19.1. The Morgan fingerprint density at radius 2 is 1.58 bits per heavy atom. The van der Waals surface area contributed by atoms with Gasteiger partial charge in [-0.05, 0) is 29.8 Å². The number of Topliss-reactive ketones (excluding diaryl/α,β-unsaturated/α-hetero) is 3. The zero-order chi connectivity index (χ0) is 26.0. The summed E-state index contributed by atoms with van der Waals surface area (Å²) in [6.07, 6.45) is 6.79. The van der Waals surface area contributed by atoms with E-state index in [1.54, 1.807) is 85.2 Å². The highest BCUT2D eigenvalue weighted by Gasteiger charge is 2.71. The van der Waals surface area contributed by atoms with Gasteiger partial charge in [0.15, 0.2) is 17.3 Å². The van der Waals surface area contributed by atoms with E-state index in [4.69, 9.17) is 0 Å². The smallest absolute Gasteiger partial charge is 0.185 e. The number of nitrogens with zero attached hydrogens (tertiary/aromatic N) is 2. The number of carbonyl (C=O) groups excluding carboxylic acids is 3. The highest BCUT2D eigenvalue weighted by Crippen LogP contribution is 2.60. The lowest BCUT2D eigenvalue weighted by molar-refractivity contribution is 0.0666. The molecule has 184 valence electrons. The molecule has 1 aromatic heterocycles. The fourth-order valence-corrected chi connectivity index (χ4v) is 6.65. The topological polar surface area (TPSA) is 67.3 Å². The van der Waals surface area contributed by atoms with E-state index < -0.39 is 29.2 Å². The minimum Gasteiger partial charge on any atom is -0.352 e. The third kappa shape index (κ3) is 2.85. The molecule has 38 heavy (non-hydrogen) atoms. The lowest BCUT2D eigenvalue weighted by Crippen LogP contribution is -2.48. The van der Waals surface area contributed by atoms with Gasteiger partial charge < -0.3 is 4.90 Å². The van der Waals surface area contributed by atoms with E-state index in [-0.39, 0.29) is 17.3 Å². The van der Waals surface area contributed by atoms with Crippen LogP contribution in [0.3, 0.4) is 0 Å². The molecule has 0 amide bonds. The molecule has 1 saturated heterocycles. The van der Waals surface area contributed by atoms with Gasteiger partial charge in [0.05, 0.1) is 6.04 Å². The Bertz CT molecular complexity index is 1630. The van der Waals surface area contributed by atoms with Crippen LogP contribution in [0.5, 0.6) is 0 Å². The molecule has 3 atom stereocenters. The van der Waals surface area contributed by atoms with E-state index in [1.807, 2.05) is 17.0 Å². The molecule has 0 N–H and O–H groups in total. The second-order valence-electron chi connectivity index (χ2n) is 9.93. The van der Waals surface area contributed by atoms with Gasteiger partial charge in [0, 0.05) is 46.3 Å². The van der Waals surface area contributed by atoms with Crippen molar-refractivity contribution in [3.05, 3.63) is 137 Å². The maximum atomic E-state index is 14.5. The Morgan fingerprint density at radius 3 is 2.26 bits per heavy atom. The molecule has 0 bridgehead atoms. The summed E-state index contributed by atoms with van der Waals surface area (Å²) in [5.74, 6) is -2.07. The van der Waals surface area contributed by atoms with Crippen LogP contribution in [0.4, 0.5) is 10.1 Å². The molecular formula is C32H21FN2O3. The standard InChI is InChI=1S/C32H21FN2O3/c33-22-13-14-25-20(17-22)12-15-26-32(30(37)23-10-4-5-11-24(23)31(32)38)27(21-9-6-16-34-18-21)28(35(25)26)29(36)19-7-2-1-3-8-19/h1-18,26-28H. The van der Waals surface area contributed by atoms with Crippen molar-refractivity contribution >= 4 is 29.1 Å². The molecule has 5 nitrogen and oxygen atoms in total. The van der Waals surface area contributed by atoms with Gasteiger partial charge >= 0.3 is 0 Å². The van der Waals surface area contributed by atoms with Gasteiger partial charge in [-0.1, -0.05) is 72.8 Å². The SMILES string of the molecule is O=C(c1ccccc1)C1C(c2cccnc2)C2(C(=O)c3ccccc3C2=O)C2C=Cc3cc(F)ccc3N12. The zero-order valence-electron chi connectivity index (χ0n) is 20.1. The second-order valence-corrected chi connectivity index (χ2v) is 9.93. The summed E-state index contributed by atoms with van der Waals surface area (Å²) in [7, 11) is 0. The lowest BCUT2D eigenvalue weighted by Gasteiger charge is -2.37.